The van der Waals surface area contributed by atoms with E-state index in [1.54, 1.807) is 0 Å². The highest BCUT2D eigenvalue weighted by Gasteiger charge is 2.39. The van der Waals surface area contributed by atoms with Crippen molar-refractivity contribution in [2.45, 2.75) is 44.1 Å². The Hall–Kier alpha value is -2.78. The van der Waals surface area contributed by atoms with Gasteiger partial charge in [-0.1, -0.05) is 0 Å². The van der Waals surface area contributed by atoms with Crippen molar-refractivity contribution in [3.05, 3.63) is 68.2 Å². The van der Waals surface area contributed by atoms with Gasteiger partial charge in [0.1, 0.15) is 18.0 Å². The van der Waals surface area contributed by atoms with E-state index in [1.165, 1.54) is 29.8 Å². The second-order valence-corrected chi connectivity index (χ2v) is 6.69. The van der Waals surface area contributed by atoms with Crippen LogP contribution in [0.25, 0.3) is 0 Å². The van der Waals surface area contributed by atoms with Gasteiger partial charge in [-0.3, -0.25) is 19.1 Å². The van der Waals surface area contributed by atoms with Crippen LogP contribution in [0.15, 0.2) is 40.1 Å². The Balaban J connectivity index is 1.75. The molecule has 0 spiro atoms. The first-order valence-electron chi connectivity index (χ1n) is 8.52. The second-order valence-electron chi connectivity index (χ2n) is 6.69. The highest BCUT2D eigenvalue weighted by Crippen LogP contribution is 2.28. The van der Waals surface area contributed by atoms with Crippen molar-refractivity contribution >= 4 is 5.91 Å². The molecule has 1 aliphatic carbocycles. The van der Waals surface area contributed by atoms with Crippen LogP contribution in [-0.2, 0) is 0 Å². The van der Waals surface area contributed by atoms with Crippen LogP contribution in [0.1, 0.15) is 34.8 Å². The molecule has 144 valence electrons. The summed E-state index contributed by atoms with van der Waals surface area (Å²) in [5, 5.41) is 23.5. The molecule has 2 aromatic rings. The smallest absolute Gasteiger partial charge is 0.328 e. The van der Waals surface area contributed by atoms with Crippen molar-refractivity contribution in [3.8, 4) is 0 Å². The highest BCUT2D eigenvalue weighted by atomic mass is 19.1. The van der Waals surface area contributed by atoms with Crippen molar-refractivity contribution in [1.29, 1.82) is 0 Å². The maximum Gasteiger partial charge on any atom is 0.328 e. The first-order valence-corrected chi connectivity index (χ1v) is 8.52. The molecule has 8 nitrogen and oxygen atoms in total. The lowest BCUT2D eigenvalue weighted by Gasteiger charge is -2.38. The third-order valence-corrected chi connectivity index (χ3v) is 4.86. The number of hydrogen-bond donors (Lipinski definition) is 4. The average Bonchev–Trinajstić information content (AvgIpc) is 2.63. The zero-order valence-corrected chi connectivity index (χ0v) is 14.6. The predicted molar refractivity (Wildman–Crippen MR) is 94.0 cm³/mol. The zero-order chi connectivity index (χ0) is 19.7. The van der Waals surface area contributed by atoms with Crippen molar-refractivity contribution in [2.75, 3.05) is 0 Å². The van der Waals surface area contributed by atoms with Gasteiger partial charge in [-0.05, 0) is 44.0 Å². The topological polar surface area (TPSA) is 124 Å². The molecule has 1 aromatic heterocycles. The van der Waals surface area contributed by atoms with Gasteiger partial charge in [0, 0.05) is 17.3 Å². The number of carbonyl (C=O) groups excluding carboxylic acids is 1. The molecule has 4 N–H and O–H groups in total. The number of aliphatic hydroxyl groups is 2. The van der Waals surface area contributed by atoms with Crippen LogP contribution in [-0.4, -0.2) is 43.9 Å². The fourth-order valence-electron chi connectivity index (χ4n) is 3.30. The van der Waals surface area contributed by atoms with Crippen LogP contribution in [0.5, 0.6) is 0 Å². The van der Waals surface area contributed by atoms with Gasteiger partial charge in [0.15, 0.2) is 0 Å². The molecular weight excluding hydrogens is 357 g/mol. The third kappa shape index (κ3) is 3.83. The molecule has 3 rings (SSSR count). The van der Waals surface area contributed by atoms with E-state index in [2.05, 4.69) is 10.3 Å². The van der Waals surface area contributed by atoms with E-state index in [-0.39, 0.29) is 5.56 Å². The van der Waals surface area contributed by atoms with E-state index >= 15 is 0 Å². The lowest BCUT2D eigenvalue weighted by Crippen LogP contribution is -2.55. The lowest BCUT2D eigenvalue weighted by atomic mass is 9.85. The molecule has 1 saturated carbocycles. The minimum atomic E-state index is -1.32. The summed E-state index contributed by atoms with van der Waals surface area (Å²) in [4.78, 5) is 37.9. The molecule has 0 bridgehead atoms. The van der Waals surface area contributed by atoms with Gasteiger partial charge in [-0.25, -0.2) is 9.18 Å². The number of aliphatic hydroxyl groups excluding tert-OH is 2. The summed E-state index contributed by atoms with van der Waals surface area (Å²) >= 11 is 0. The number of nitrogens with zero attached hydrogens (tertiary/aromatic N) is 1. The minimum Gasteiger partial charge on any atom is -0.388 e. The number of carbonyl (C=O) groups is 1. The van der Waals surface area contributed by atoms with Crippen LogP contribution < -0.4 is 16.6 Å². The number of hydrogen-bond acceptors (Lipinski definition) is 5. The Morgan fingerprint density at radius 3 is 2.52 bits per heavy atom. The number of halogens is 1. The van der Waals surface area contributed by atoms with E-state index in [4.69, 9.17) is 0 Å². The maximum absolute atomic E-state index is 13.0. The Morgan fingerprint density at radius 2 is 1.85 bits per heavy atom. The van der Waals surface area contributed by atoms with Crippen LogP contribution >= 0.6 is 0 Å². The van der Waals surface area contributed by atoms with Crippen LogP contribution in [0.2, 0.25) is 0 Å². The molecule has 1 amide bonds. The summed E-state index contributed by atoms with van der Waals surface area (Å²) < 4.78 is 14.2. The molecule has 0 saturated heterocycles. The fourth-order valence-corrected chi connectivity index (χ4v) is 3.30. The highest BCUT2D eigenvalue weighted by molar-refractivity contribution is 5.94. The third-order valence-electron chi connectivity index (χ3n) is 4.86. The number of benzene rings is 1. The van der Waals surface area contributed by atoms with Crippen LogP contribution in [0.3, 0.4) is 0 Å². The summed E-state index contributed by atoms with van der Waals surface area (Å²) in [7, 11) is 0. The van der Waals surface area contributed by atoms with Gasteiger partial charge in [0.2, 0.25) is 0 Å². The van der Waals surface area contributed by atoms with Crippen molar-refractivity contribution in [3.63, 3.8) is 0 Å². The molecule has 27 heavy (non-hydrogen) atoms. The number of aromatic amines is 1. The normalized spacial score (nSPS) is 25.2. The monoisotopic (exact) mass is 377 g/mol. The van der Waals surface area contributed by atoms with E-state index in [1.807, 2.05) is 0 Å². The summed E-state index contributed by atoms with van der Waals surface area (Å²) in [6.07, 6.45) is -0.676. The predicted octanol–water partition coefficient (Wildman–Crippen LogP) is -0.161. The molecular formula is C18H20FN3O5. The first-order chi connectivity index (χ1) is 12.8. The summed E-state index contributed by atoms with van der Waals surface area (Å²) in [5.41, 5.74) is -0.641. The average molecular weight is 377 g/mol. The van der Waals surface area contributed by atoms with Gasteiger partial charge >= 0.3 is 5.69 Å². The van der Waals surface area contributed by atoms with Crippen molar-refractivity contribution in [1.82, 2.24) is 14.9 Å². The number of nitrogens with one attached hydrogen (secondary N) is 2. The van der Waals surface area contributed by atoms with Crippen LogP contribution in [0.4, 0.5) is 4.39 Å². The minimum absolute atomic E-state index is 0.229. The number of aryl methyl sites for hydroxylation is 1. The second kappa shape index (κ2) is 7.45. The van der Waals surface area contributed by atoms with Crippen molar-refractivity contribution in [2.24, 2.45) is 0 Å². The quantitative estimate of drug-likeness (QED) is 0.592. The number of H-pyrrole nitrogens is 1. The van der Waals surface area contributed by atoms with Gasteiger partial charge in [0.05, 0.1) is 12.1 Å². The Labute approximate surface area is 153 Å². The largest absolute Gasteiger partial charge is 0.388 e. The Bertz CT molecular complexity index is 953. The fraction of sp³-hybridized carbons (Fsp3) is 0.389. The molecule has 0 unspecified atom stereocenters. The molecule has 1 fully saturated rings. The molecule has 9 heteroatoms. The van der Waals surface area contributed by atoms with E-state index in [0.717, 1.165) is 12.1 Å². The molecule has 1 aliphatic rings. The molecule has 1 heterocycles. The number of aromatic nitrogens is 2. The maximum atomic E-state index is 13.0. The summed E-state index contributed by atoms with van der Waals surface area (Å²) in [6, 6.07) is 3.49. The Morgan fingerprint density at radius 1 is 1.19 bits per heavy atom. The zero-order valence-electron chi connectivity index (χ0n) is 14.6. The van der Waals surface area contributed by atoms with Crippen LogP contribution in [0, 0.1) is 12.7 Å². The van der Waals surface area contributed by atoms with E-state index in [0.29, 0.717) is 18.4 Å². The van der Waals surface area contributed by atoms with Gasteiger partial charge in [-0.15, -0.1) is 0 Å². The molecule has 1 aromatic carbocycles. The summed E-state index contributed by atoms with van der Waals surface area (Å²) in [5.74, 6) is -0.967. The summed E-state index contributed by atoms with van der Waals surface area (Å²) in [6.45, 7) is 1.53. The van der Waals surface area contributed by atoms with Crippen molar-refractivity contribution < 1.29 is 19.4 Å². The van der Waals surface area contributed by atoms with Gasteiger partial charge in [-0.2, -0.15) is 0 Å². The first kappa shape index (κ1) is 19.0. The molecule has 0 radical (unpaired) electrons. The number of rotatable bonds is 3. The number of amides is 1. The Kier molecular flexibility index (Phi) is 5.24. The molecule has 4 atom stereocenters. The molecule has 0 aliphatic heterocycles. The SMILES string of the molecule is Cc1cn([C@@H]2CC[C@@H](NC(=O)c3ccc(F)cc3)[C@@H](O)[C@@H]2O)c(=O)[nH]c1=O. The lowest BCUT2D eigenvalue weighted by molar-refractivity contribution is -0.0570. The van der Waals surface area contributed by atoms with E-state index in [9.17, 15) is 29.0 Å². The van der Waals surface area contributed by atoms with Gasteiger partial charge in [0.25, 0.3) is 11.5 Å². The van der Waals surface area contributed by atoms with Gasteiger partial charge < -0.3 is 15.5 Å². The van der Waals surface area contributed by atoms with E-state index < -0.39 is 47.3 Å². The standard InChI is InChI=1S/C18H20FN3O5/c1-9-8-22(18(27)21-16(9)25)13-7-6-12(14(23)15(13)24)20-17(26)10-2-4-11(19)5-3-10/h2-5,8,12-15,23-24H,6-7H2,1H3,(H,20,26)(H,21,25,27)/t12-,13-,14-,15-/m1/s1.